The number of fused-ring (bicyclic) bond motifs is 2. The molecule has 3 unspecified atom stereocenters. The number of carbonyl (C=O) groups excluding carboxylic acids is 8. The number of aromatic nitrogens is 1. The second-order valence-electron chi connectivity index (χ2n) is 14.9. The standard InChI is InChI=1S/C40H49N11O11S2/c1-20-40(61)51-17-24(62-18-22-15-44-26-5-3-2-4-25(22)26)12-30(51)39(60)50-29(36(43)57)19-64-63-11-10-31(52)48-27(13-32(53)47-23-8-6-21(7-9-23)35(41)42)37(58)45-16-33(54)49-28(14-34(55)56)38(59)46-20/h2-9,15,20,24,27-30,44H,10-14,16-19H2,1H3,(H3,41,42)(H2,43,57)(H,45,58)(H,46,59)(H,47,53)(H,48,52)(H,49,54)(H,50,60)(H,55,56)/t20-,24?,27-,28?,29?,30-/m0/s1. The highest BCUT2D eigenvalue weighted by atomic mass is 33.1. The van der Waals surface area contributed by atoms with Gasteiger partial charge in [0.05, 0.1) is 32.1 Å². The van der Waals surface area contributed by atoms with Gasteiger partial charge in [-0.05, 0) is 37.3 Å². The van der Waals surface area contributed by atoms with Gasteiger partial charge in [-0.25, -0.2) is 0 Å². The molecule has 3 heterocycles. The summed E-state index contributed by atoms with van der Waals surface area (Å²) in [6.07, 6.45) is -0.583. The molecular formula is C40H49N11O11S2. The molecule has 3 aromatic rings. The van der Waals surface area contributed by atoms with E-state index in [9.17, 15) is 48.3 Å². The summed E-state index contributed by atoms with van der Waals surface area (Å²) in [7, 11) is 2.28. The van der Waals surface area contributed by atoms with E-state index < -0.39 is 109 Å². The Morgan fingerprint density at radius 3 is 2.30 bits per heavy atom. The summed E-state index contributed by atoms with van der Waals surface area (Å²) in [5.74, 6) is -8.35. The molecule has 8 amide bonds. The summed E-state index contributed by atoms with van der Waals surface area (Å²) in [5.41, 5.74) is 13.5. The van der Waals surface area contributed by atoms with E-state index in [0.29, 0.717) is 11.3 Å². The lowest BCUT2D eigenvalue weighted by Crippen LogP contribution is -2.58. The highest BCUT2D eigenvalue weighted by Crippen LogP contribution is 2.27. The van der Waals surface area contributed by atoms with Crippen molar-refractivity contribution in [2.24, 2.45) is 11.5 Å². The van der Waals surface area contributed by atoms with Crippen LogP contribution in [0.1, 0.15) is 43.7 Å². The van der Waals surface area contributed by atoms with E-state index in [-0.39, 0.29) is 43.3 Å². The Bertz CT molecular complexity index is 2280. The van der Waals surface area contributed by atoms with Crippen LogP contribution in [0.25, 0.3) is 10.9 Å². The first-order chi connectivity index (χ1) is 30.5. The van der Waals surface area contributed by atoms with E-state index in [0.717, 1.165) is 38.1 Å². The normalized spacial score (nSPS) is 23.4. The minimum Gasteiger partial charge on any atom is -0.481 e. The molecule has 342 valence electrons. The molecule has 0 spiro atoms. The highest BCUT2D eigenvalue weighted by Gasteiger charge is 2.43. The Morgan fingerprint density at radius 1 is 0.891 bits per heavy atom. The van der Waals surface area contributed by atoms with Crippen molar-refractivity contribution in [2.75, 3.05) is 29.9 Å². The Morgan fingerprint density at radius 2 is 1.59 bits per heavy atom. The topological polar surface area (TPSA) is 350 Å². The summed E-state index contributed by atoms with van der Waals surface area (Å²) in [6.45, 7) is 0.524. The molecule has 2 fully saturated rings. The molecule has 0 bridgehead atoms. The van der Waals surface area contributed by atoms with Crippen molar-refractivity contribution in [3.05, 3.63) is 65.9 Å². The molecule has 13 N–H and O–H groups in total. The van der Waals surface area contributed by atoms with Gasteiger partial charge in [-0.1, -0.05) is 39.8 Å². The molecule has 0 saturated carbocycles. The number of aromatic amines is 1. The minimum atomic E-state index is -1.74. The Labute approximate surface area is 373 Å². The van der Waals surface area contributed by atoms with Crippen molar-refractivity contribution in [3.63, 3.8) is 0 Å². The minimum absolute atomic E-state index is 0.00334. The SMILES string of the molecule is C[C@@H]1NC(=O)C(CC(=O)O)NC(=O)CNC(=O)[C@H](CC(=O)Nc2ccc(C(=N)N)cc2)NC(=O)CCSSCC(C(N)=O)NC(=O)[C@@H]2CC(OCc3c[nH]c4ccccc34)CN2C1=O. The number of hydrogen-bond acceptors (Lipinski definition) is 13. The van der Waals surface area contributed by atoms with Crippen LogP contribution in [0.15, 0.2) is 54.7 Å². The third-order valence-corrected chi connectivity index (χ3v) is 12.5. The molecule has 6 atom stereocenters. The first-order valence-electron chi connectivity index (χ1n) is 19.9. The number of ether oxygens (including phenoxy) is 1. The average molecular weight is 924 g/mol. The van der Waals surface area contributed by atoms with Crippen molar-refractivity contribution >= 4 is 97.2 Å². The molecule has 2 saturated heterocycles. The van der Waals surface area contributed by atoms with Crippen molar-refractivity contribution < 1.29 is 53.0 Å². The first kappa shape index (κ1) is 48.4. The molecule has 0 aliphatic carbocycles. The summed E-state index contributed by atoms with van der Waals surface area (Å²) >= 11 is 0. The zero-order valence-electron chi connectivity index (χ0n) is 34.5. The molecule has 2 aliphatic heterocycles. The molecule has 64 heavy (non-hydrogen) atoms. The largest absolute Gasteiger partial charge is 0.481 e. The number of para-hydroxylation sites is 1. The summed E-state index contributed by atoms with van der Waals surface area (Å²) in [4.78, 5) is 123. The first-order valence-corrected chi connectivity index (χ1v) is 22.4. The molecule has 24 heteroatoms. The smallest absolute Gasteiger partial charge is 0.305 e. The van der Waals surface area contributed by atoms with Gasteiger partial charge in [-0.2, -0.15) is 0 Å². The second kappa shape index (κ2) is 22.6. The summed E-state index contributed by atoms with van der Waals surface area (Å²) in [5, 5.41) is 32.6. The molecule has 1 aromatic heterocycles. The number of nitrogen functional groups attached to an aromatic ring is 1. The lowest BCUT2D eigenvalue weighted by Gasteiger charge is -2.28. The summed E-state index contributed by atoms with van der Waals surface area (Å²) in [6, 6.07) is 6.46. The van der Waals surface area contributed by atoms with Crippen LogP contribution in [0, 0.1) is 5.41 Å². The van der Waals surface area contributed by atoms with Crippen LogP contribution in [-0.4, -0.2) is 135 Å². The predicted molar refractivity (Wildman–Crippen MR) is 235 cm³/mol. The Kier molecular flexibility index (Phi) is 17.1. The number of benzene rings is 2. The van der Waals surface area contributed by atoms with Gasteiger partial charge in [0.15, 0.2) is 0 Å². The second-order valence-corrected chi connectivity index (χ2v) is 17.5. The van der Waals surface area contributed by atoms with Crippen LogP contribution >= 0.6 is 21.6 Å². The van der Waals surface area contributed by atoms with Gasteiger partial charge in [0.1, 0.15) is 36.0 Å². The average Bonchev–Trinajstić information content (AvgIpc) is 3.87. The van der Waals surface area contributed by atoms with Crippen LogP contribution < -0.4 is 43.4 Å². The lowest BCUT2D eigenvalue weighted by molar-refractivity contribution is -0.143. The third-order valence-electron chi connectivity index (χ3n) is 10.1. The molecule has 5 rings (SSSR count). The number of amidine groups is 1. The van der Waals surface area contributed by atoms with E-state index in [1.807, 2.05) is 24.3 Å². The van der Waals surface area contributed by atoms with Crippen molar-refractivity contribution in [2.45, 2.75) is 75.5 Å². The van der Waals surface area contributed by atoms with Crippen molar-refractivity contribution in [1.29, 1.82) is 5.41 Å². The van der Waals surface area contributed by atoms with Gasteiger partial charge in [0.25, 0.3) is 0 Å². The Balaban J connectivity index is 1.32. The number of aliphatic carboxylic acids is 1. The number of H-pyrrole nitrogens is 1. The van der Waals surface area contributed by atoms with Crippen LogP contribution in [0.2, 0.25) is 0 Å². The van der Waals surface area contributed by atoms with Gasteiger partial charge < -0.3 is 63.1 Å². The number of hydrogen-bond donors (Lipinski definition) is 11. The third kappa shape index (κ3) is 13.7. The van der Waals surface area contributed by atoms with Crippen LogP contribution in [-0.2, 0) is 54.5 Å². The quantitative estimate of drug-likeness (QED) is 0.0646. The fourth-order valence-electron chi connectivity index (χ4n) is 6.79. The monoisotopic (exact) mass is 923 g/mol. The number of rotatable bonds is 10. The Hall–Kier alpha value is -6.66. The van der Waals surface area contributed by atoms with E-state index in [2.05, 4.69) is 36.9 Å². The number of nitrogens with one attached hydrogen (secondary N) is 8. The van der Waals surface area contributed by atoms with Gasteiger partial charge >= 0.3 is 5.97 Å². The molecular weight excluding hydrogens is 875 g/mol. The number of nitrogens with zero attached hydrogens (tertiary/aromatic N) is 1. The van der Waals surface area contributed by atoms with Crippen LogP contribution in [0.4, 0.5) is 5.69 Å². The van der Waals surface area contributed by atoms with Crippen LogP contribution in [0.5, 0.6) is 0 Å². The van der Waals surface area contributed by atoms with Gasteiger partial charge in [-0.3, -0.25) is 48.6 Å². The zero-order chi connectivity index (χ0) is 46.5. The van der Waals surface area contributed by atoms with E-state index in [1.165, 1.54) is 36.1 Å². The molecule has 22 nitrogen and oxygen atoms in total. The molecule has 2 aliphatic rings. The van der Waals surface area contributed by atoms with E-state index in [4.69, 9.17) is 21.6 Å². The molecule has 2 aromatic carbocycles. The number of nitrogens with two attached hydrogens (primary N) is 2. The maximum Gasteiger partial charge on any atom is 0.305 e. The maximum absolute atomic E-state index is 14.0. The van der Waals surface area contributed by atoms with Gasteiger partial charge in [-0.15, -0.1) is 0 Å². The zero-order valence-corrected chi connectivity index (χ0v) is 36.1. The van der Waals surface area contributed by atoms with E-state index >= 15 is 0 Å². The van der Waals surface area contributed by atoms with E-state index in [1.54, 1.807) is 6.20 Å². The van der Waals surface area contributed by atoms with Gasteiger partial charge in [0.2, 0.25) is 47.3 Å². The van der Waals surface area contributed by atoms with Gasteiger partial charge in [0, 0.05) is 64.8 Å². The fourth-order valence-corrected chi connectivity index (χ4v) is 8.96. The van der Waals surface area contributed by atoms with Crippen molar-refractivity contribution in [1.82, 2.24) is 36.5 Å². The highest BCUT2D eigenvalue weighted by molar-refractivity contribution is 8.76. The predicted octanol–water partition coefficient (Wildman–Crippen LogP) is -1.21. The fraction of sp³-hybridized carbons (Fsp3) is 0.400. The number of carbonyl (C=O) groups is 9. The van der Waals surface area contributed by atoms with Crippen LogP contribution in [0.3, 0.4) is 0 Å². The van der Waals surface area contributed by atoms with Crippen molar-refractivity contribution in [3.8, 4) is 0 Å². The number of anilines is 1. The lowest BCUT2D eigenvalue weighted by atomic mass is 10.1. The molecule has 0 radical (unpaired) electrons. The summed E-state index contributed by atoms with van der Waals surface area (Å²) < 4.78 is 6.19. The number of carboxylic acids is 1. The number of carboxylic acid groups (broad SMARTS) is 1. The maximum atomic E-state index is 14.0. The number of primary amides is 1. The number of amides is 8.